The molecule has 2 aromatic rings. The molecule has 1 atom stereocenters. The summed E-state index contributed by atoms with van der Waals surface area (Å²) in [6.45, 7) is 4.09. The van der Waals surface area contributed by atoms with Crippen LogP contribution in [0.15, 0.2) is 54.6 Å². The van der Waals surface area contributed by atoms with Crippen molar-refractivity contribution in [1.29, 1.82) is 0 Å². The summed E-state index contributed by atoms with van der Waals surface area (Å²) in [7, 11) is 0. The van der Waals surface area contributed by atoms with Crippen LogP contribution < -0.4 is 0 Å². The zero-order valence-electron chi connectivity index (χ0n) is 10.8. The first-order valence-electron chi connectivity index (χ1n) is 6.14. The third kappa shape index (κ3) is 3.31. The van der Waals surface area contributed by atoms with E-state index < -0.39 is 6.10 Å². The summed E-state index contributed by atoms with van der Waals surface area (Å²) in [4.78, 5) is 0. The monoisotopic (exact) mass is 238 g/mol. The van der Waals surface area contributed by atoms with Gasteiger partial charge in [0.2, 0.25) is 0 Å². The minimum Gasteiger partial charge on any atom is -0.384 e. The van der Waals surface area contributed by atoms with Crippen molar-refractivity contribution in [3.8, 4) is 0 Å². The lowest BCUT2D eigenvalue weighted by Gasteiger charge is -2.06. The molecule has 0 amide bonds. The number of hydrogen-bond acceptors (Lipinski definition) is 1. The highest BCUT2D eigenvalue weighted by Crippen LogP contribution is 2.17. The number of hydrogen-bond donors (Lipinski definition) is 1. The van der Waals surface area contributed by atoms with Gasteiger partial charge in [-0.3, -0.25) is 0 Å². The largest absolute Gasteiger partial charge is 0.384 e. The Morgan fingerprint density at radius 1 is 0.944 bits per heavy atom. The maximum Gasteiger partial charge on any atom is 0.0975 e. The van der Waals surface area contributed by atoms with Crippen molar-refractivity contribution in [2.24, 2.45) is 0 Å². The standard InChI is InChI=1S/C17H18O/c1-13-5-3-7-15(11-13)9-10-17(18)16-8-4-6-14(2)12-16/h3-12,17-18H,1-2H3/b10-9+. The Morgan fingerprint density at radius 2 is 1.61 bits per heavy atom. The lowest BCUT2D eigenvalue weighted by atomic mass is 10.0. The van der Waals surface area contributed by atoms with Crippen molar-refractivity contribution in [3.05, 3.63) is 76.9 Å². The van der Waals surface area contributed by atoms with Gasteiger partial charge in [-0.15, -0.1) is 0 Å². The number of rotatable bonds is 3. The van der Waals surface area contributed by atoms with E-state index in [1.165, 1.54) is 5.56 Å². The van der Waals surface area contributed by atoms with Crippen LogP contribution in [0.3, 0.4) is 0 Å². The average Bonchev–Trinajstić information content (AvgIpc) is 2.36. The third-order valence-corrected chi connectivity index (χ3v) is 2.90. The van der Waals surface area contributed by atoms with Crippen molar-refractivity contribution in [1.82, 2.24) is 0 Å². The zero-order chi connectivity index (χ0) is 13.0. The molecule has 0 heterocycles. The quantitative estimate of drug-likeness (QED) is 0.855. The second-order valence-corrected chi connectivity index (χ2v) is 4.63. The topological polar surface area (TPSA) is 20.2 Å². The number of benzene rings is 2. The van der Waals surface area contributed by atoms with Gasteiger partial charge in [0.05, 0.1) is 6.10 Å². The minimum absolute atomic E-state index is 0.551. The Morgan fingerprint density at radius 3 is 2.28 bits per heavy atom. The van der Waals surface area contributed by atoms with Gasteiger partial charge in [-0.2, -0.15) is 0 Å². The number of aryl methyl sites for hydroxylation is 2. The first-order valence-corrected chi connectivity index (χ1v) is 6.14. The van der Waals surface area contributed by atoms with Crippen LogP contribution >= 0.6 is 0 Å². The summed E-state index contributed by atoms with van der Waals surface area (Å²) in [5.74, 6) is 0. The molecule has 0 aliphatic rings. The van der Waals surface area contributed by atoms with Crippen LogP contribution in [0.25, 0.3) is 6.08 Å². The fourth-order valence-corrected chi connectivity index (χ4v) is 1.94. The Bertz CT molecular complexity index is 555. The van der Waals surface area contributed by atoms with Gasteiger partial charge < -0.3 is 5.11 Å². The first-order chi connectivity index (χ1) is 8.65. The van der Waals surface area contributed by atoms with Gasteiger partial charge in [0.25, 0.3) is 0 Å². The fourth-order valence-electron chi connectivity index (χ4n) is 1.94. The average molecular weight is 238 g/mol. The molecule has 0 saturated carbocycles. The minimum atomic E-state index is -0.551. The van der Waals surface area contributed by atoms with Gasteiger partial charge in [0.1, 0.15) is 0 Å². The molecule has 18 heavy (non-hydrogen) atoms. The molecule has 0 spiro atoms. The SMILES string of the molecule is Cc1cccc(/C=C/C(O)c2cccc(C)c2)c1. The molecule has 1 heteroatoms. The van der Waals surface area contributed by atoms with Crippen LogP contribution in [0.5, 0.6) is 0 Å². The van der Waals surface area contributed by atoms with E-state index in [1.54, 1.807) is 0 Å². The maximum atomic E-state index is 10.1. The molecule has 1 N–H and O–H groups in total. The zero-order valence-corrected chi connectivity index (χ0v) is 10.8. The second kappa shape index (κ2) is 5.65. The molecule has 1 nitrogen and oxygen atoms in total. The highest BCUT2D eigenvalue weighted by molar-refractivity contribution is 5.51. The van der Waals surface area contributed by atoms with Crippen LogP contribution in [-0.4, -0.2) is 5.11 Å². The third-order valence-electron chi connectivity index (χ3n) is 2.90. The molecule has 0 saturated heterocycles. The molecule has 1 unspecified atom stereocenters. The Kier molecular flexibility index (Phi) is 3.96. The van der Waals surface area contributed by atoms with E-state index in [2.05, 4.69) is 19.1 Å². The summed E-state index contributed by atoms with van der Waals surface area (Å²) in [6.07, 6.45) is 3.23. The summed E-state index contributed by atoms with van der Waals surface area (Å²) in [6, 6.07) is 16.2. The number of aliphatic hydroxyl groups is 1. The van der Waals surface area contributed by atoms with Crippen LogP contribution in [0.4, 0.5) is 0 Å². The highest BCUT2D eigenvalue weighted by atomic mass is 16.3. The van der Waals surface area contributed by atoms with Gasteiger partial charge in [-0.05, 0) is 25.0 Å². The van der Waals surface area contributed by atoms with E-state index in [9.17, 15) is 5.11 Å². The molecule has 0 bridgehead atoms. The van der Waals surface area contributed by atoms with Crippen molar-refractivity contribution in [3.63, 3.8) is 0 Å². The van der Waals surface area contributed by atoms with Crippen molar-refractivity contribution in [2.75, 3.05) is 0 Å². The molecule has 0 aromatic heterocycles. The van der Waals surface area contributed by atoms with Gasteiger partial charge in [-0.1, -0.05) is 71.8 Å². The van der Waals surface area contributed by atoms with E-state index >= 15 is 0 Å². The second-order valence-electron chi connectivity index (χ2n) is 4.63. The molecule has 0 aliphatic heterocycles. The molecular weight excluding hydrogens is 220 g/mol. The summed E-state index contributed by atoms with van der Waals surface area (Å²) < 4.78 is 0. The van der Waals surface area contributed by atoms with Crippen LogP contribution in [0, 0.1) is 13.8 Å². The predicted octanol–water partition coefficient (Wildman–Crippen LogP) is 4.05. The molecular formula is C17H18O. The van der Waals surface area contributed by atoms with Crippen molar-refractivity contribution >= 4 is 6.08 Å². The lowest BCUT2D eigenvalue weighted by molar-refractivity contribution is 0.229. The molecule has 2 aromatic carbocycles. The lowest BCUT2D eigenvalue weighted by Crippen LogP contribution is -1.93. The van der Waals surface area contributed by atoms with Gasteiger partial charge in [0, 0.05) is 0 Å². The Labute approximate surface area is 108 Å². The smallest absolute Gasteiger partial charge is 0.0975 e. The number of aliphatic hydroxyl groups excluding tert-OH is 1. The predicted molar refractivity (Wildman–Crippen MR) is 76.4 cm³/mol. The molecule has 92 valence electrons. The first kappa shape index (κ1) is 12.6. The van der Waals surface area contributed by atoms with Crippen LogP contribution in [-0.2, 0) is 0 Å². The Hall–Kier alpha value is -1.86. The van der Waals surface area contributed by atoms with Crippen molar-refractivity contribution < 1.29 is 5.11 Å². The molecule has 0 radical (unpaired) electrons. The van der Waals surface area contributed by atoms with E-state index in [0.717, 1.165) is 16.7 Å². The van der Waals surface area contributed by atoms with E-state index in [-0.39, 0.29) is 0 Å². The Balaban J connectivity index is 2.14. The molecule has 0 fully saturated rings. The summed E-state index contributed by atoms with van der Waals surface area (Å²) >= 11 is 0. The van der Waals surface area contributed by atoms with Gasteiger partial charge >= 0.3 is 0 Å². The van der Waals surface area contributed by atoms with E-state index in [1.807, 2.05) is 55.5 Å². The van der Waals surface area contributed by atoms with Crippen LogP contribution in [0.1, 0.15) is 28.4 Å². The molecule has 2 rings (SSSR count). The van der Waals surface area contributed by atoms with E-state index in [0.29, 0.717) is 0 Å². The maximum absolute atomic E-state index is 10.1. The van der Waals surface area contributed by atoms with E-state index in [4.69, 9.17) is 0 Å². The van der Waals surface area contributed by atoms with Gasteiger partial charge in [0.15, 0.2) is 0 Å². The van der Waals surface area contributed by atoms with Gasteiger partial charge in [-0.25, -0.2) is 0 Å². The highest BCUT2D eigenvalue weighted by Gasteiger charge is 2.02. The summed E-state index contributed by atoms with van der Waals surface area (Å²) in [5, 5.41) is 10.1. The van der Waals surface area contributed by atoms with Crippen molar-refractivity contribution in [2.45, 2.75) is 20.0 Å². The van der Waals surface area contributed by atoms with Crippen LogP contribution in [0.2, 0.25) is 0 Å². The summed E-state index contributed by atoms with van der Waals surface area (Å²) in [5.41, 5.74) is 4.43. The normalized spacial score (nSPS) is 12.8. The fraction of sp³-hybridized carbons (Fsp3) is 0.176. The molecule has 0 aliphatic carbocycles.